The van der Waals surface area contributed by atoms with Gasteiger partial charge >= 0.3 is 0 Å². The largest absolute Gasteiger partial charge is 0.374 e. The van der Waals surface area contributed by atoms with Crippen LogP contribution in [0.25, 0.3) is 0 Å². The molecule has 0 aliphatic carbocycles. The number of thioether (sulfide) groups is 1. The number of ether oxygens (including phenoxy) is 1. The third-order valence-corrected chi connectivity index (χ3v) is 5.54. The lowest BCUT2D eigenvalue weighted by Crippen LogP contribution is -2.47. The maximum Gasteiger partial charge on any atom is 0.123 e. The fourth-order valence-corrected chi connectivity index (χ4v) is 4.52. The van der Waals surface area contributed by atoms with Gasteiger partial charge in [-0.15, -0.1) is 0 Å². The van der Waals surface area contributed by atoms with Gasteiger partial charge in [0.15, 0.2) is 0 Å². The van der Waals surface area contributed by atoms with Crippen LogP contribution >= 0.6 is 11.8 Å². The van der Waals surface area contributed by atoms with E-state index >= 15 is 0 Å². The molecule has 0 aromatic heterocycles. The topological polar surface area (TPSA) is 21.3 Å². The highest BCUT2D eigenvalue weighted by atomic mass is 32.2. The minimum Gasteiger partial charge on any atom is -0.374 e. The monoisotopic (exact) mass is 295 g/mol. The van der Waals surface area contributed by atoms with Crippen molar-refractivity contribution in [1.29, 1.82) is 0 Å². The highest BCUT2D eigenvalue weighted by Gasteiger charge is 2.40. The standard InChI is InChI=1S/C16H22FNOS/c17-14-3-1-13(2-4-14)5-8-18-15-6-9-19-16(11-15)7-10-20-12-16/h1-4,15,18H,5-12H2. The number of nitrogens with one attached hydrogen (secondary N) is 1. The van der Waals surface area contributed by atoms with E-state index in [0.29, 0.717) is 6.04 Å². The van der Waals surface area contributed by atoms with Crippen molar-refractivity contribution in [3.63, 3.8) is 0 Å². The molecule has 2 aliphatic rings. The fourth-order valence-electron chi connectivity index (χ4n) is 3.14. The lowest BCUT2D eigenvalue weighted by atomic mass is 9.90. The van der Waals surface area contributed by atoms with Crippen LogP contribution in [0.3, 0.4) is 0 Å². The molecule has 0 radical (unpaired) electrons. The second-order valence-corrected chi connectivity index (χ2v) is 6.96. The van der Waals surface area contributed by atoms with E-state index in [1.54, 1.807) is 0 Å². The molecule has 0 bridgehead atoms. The van der Waals surface area contributed by atoms with Crippen LogP contribution < -0.4 is 5.32 Å². The Morgan fingerprint density at radius 1 is 1.35 bits per heavy atom. The molecule has 2 unspecified atom stereocenters. The van der Waals surface area contributed by atoms with Gasteiger partial charge in [0.1, 0.15) is 5.82 Å². The first kappa shape index (κ1) is 14.4. The van der Waals surface area contributed by atoms with Gasteiger partial charge in [-0.05, 0) is 55.7 Å². The van der Waals surface area contributed by atoms with Gasteiger partial charge in [0.2, 0.25) is 0 Å². The molecule has 3 rings (SSSR count). The molecule has 1 aromatic rings. The van der Waals surface area contributed by atoms with Crippen LogP contribution in [0.15, 0.2) is 24.3 Å². The van der Waals surface area contributed by atoms with Gasteiger partial charge in [0.05, 0.1) is 5.60 Å². The van der Waals surface area contributed by atoms with Crippen molar-refractivity contribution in [2.45, 2.75) is 37.3 Å². The van der Waals surface area contributed by atoms with Crippen LogP contribution in [0.4, 0.5) is 4.39 Å². The van der Waals surface area contributed by atoms with E-state index < -0.39 is 0 Å². The quantitative estimate of drug-likeness (QED) is 0.922. The van der Waals surface area contributed by atoms with Crippen molar-refractivity contribution in [3.05, 3.63) is 35.6 Å². The molecular weight excluding hydrogens is 273 g/mol. The van der Waals surface area contributed by atoms with E-state index in [1.165, 1.54) is 29.9 Å². The van der Waals surface area contributed by atoms with Gasteiger partial charge < -0.3 is 10.1 Å². The summed E-state index contributed by atoms with van der Waals surface area (Å²) in [6.45, 7) is 1.84. The number of rotatable bonds is 4. The molecule has 110 valence electrons. The Labute approximate surface area is 124 Å². The van der Waals surface area contributed by atoms with Crippen molar-refractivity contribution in [2.24, 2.45) is 0 Å². The van der Waals surface area contributed by atoms with E-state index in [4.69, 9.17) is 4.74 Å². The molecule has 1 spiro atoms. The smallest absolute Gasteiger partial charge is 0.123 e. The summed E-state index contributed by atoms with van der Waals surface area (Å²) in [7, 11) is 0. The number of halogens is 1. The lowest BCUT2D eigenvalue weighted by molar-refractivity contribution is -0.0699. The summed E-state index contributed by atoms with van der Waals surface area (Å²) in [6.07, 6.45) is 4.41. The molecule has 0 amide bonds. The maximum absolute atomic E-state index is 12.8. The van der Waals surface area contributed by atoms with Crippen molar-refractivity contribution in [3.8, 4) is 0 Å². The SMILES string of the molecule is Fc1ccc(CCNC2CCOC3(CCSC3)C2)cc1. The van der Waals surface area contributed by atoms with Gasteiger partial charge in [-0.2, -0.15) is 11.8 Å². The molecule has 2 aliphatic heterocycles. The zero-order chi connectivity index (χ0) is 13.8. The molecule has 1 aromatic carbocycles. The average Bonchev–Trinajstić information content (AvgIpc) is 2.89. The van der Waals surface area contributed by atoms with Gasteiger partial charge in [-0.3, -0.25) is 0 Å². The van der Waals surface area contributed by atoms with Crippen molar-refractivity contribution >= 4 is 11.8 Å². The Morgan fingerprint density at radius 2 is 2.20 bits per heavy atom. The van der Waals surface area contributed by atoms with Crippen molar-refractivity contribution < 1.29 is 9.13 Å². The molecule has 20 heavy (non-hydrogen) atoms. The summed E-state index contributed by atoms with van der Waals surface area (Å²) in [5, 5.41) is 3.65. The van der Waals surface area contributed by atoms with Crippen molar-refractivity contribution in [1.82, 2.24) is 5.32 Å². The highest BCUT2D eigenvalue weighted by Crippen LogP contribution is 2.38. The van der Waals surface area contributed by atoms with Gasteiger partial charge in [-0.1, -0.05) is 12.1 Å². The third-order valence-electron chi connectivity index (χ3n) is 4.32. The maximum atomic E-state index is 12.8. The van der Waals surface area contributed by atoms with Gasteiger partial charge in [0.25, 0.3) is 0 Å². The Bertz CT molecular complexity index is 431. The summed E-state index contributed by atoms with van der Waals surface area (Å²) in [5.74, 6) is 2.23. The zero-order valence-corrected chi connectivity index (χ0v) is 12.6. The summed E-state index contributed by atoms with van der Waals surface area (Å²) in [4.78, 5) is 0. The number of benzene rings is 1. The second-order valence-electron chi connectivity index (χ2n) is 5.85. The normalized spacial score (nSPS) is 29.9. The fraction of sp³-hybridized carbons (Fsp3) is 0.625. The Hall–Kier alpha value is -0.580. The Balaban J connectivity index is 1.45. The minimum absolute atomic E-state index is 0.149. The molecule has 1 N–H and O–H groups in total. The number of hydrogen-bond donors (Lipinski definition) is 1. The molecule has 0 saturated carbocycles. The first-order valence-electron chi connectivity index (χ1n) is 7.45. The number of hydrogen-bond acceptors (Lipinski definition) is 3. The molecule has 2 heterocycles. The van der Waals surface area contributed by atoms with Gasteiger partial charge in [-0.25, -0.2) is 4.39 Å². The van der Waals surface area contributed by atoms with Crippen LogP contribution in [-0.2, 0) is 11.2 Å². The zero-order valence-electron chi connectivity index (χ0n) is 11.7. The van der Waals surface area contributed by atoms with Crippen molar-refractivity contribution in [2.75, 3.05) is 24.7 Å². The molecule has 2 saturated heterocycles. The van der Waals surface area contributed by atoms with E-state index in [9.17, 15) is 4.39 Å². The average molecular weight is 295 g/mol. The van der Waals surface area contributed by atoms with Crippen LogP contribution in [0.1, 0.15) is 24.8 Å². The summed E-state index contributed by atoms with van der Waals surface area (Å²) < 4.78 is 18.9. The molecule has 2 fully saturated rings. The molecule has 2 nitrogen and oxygen atoms in total. The minimum atomic E-state index is -0.160. The third kappa shape index (κ3) is 3.54. The van der Waals surface area contributed by atoms with Crippen LogP contribution in [-0.4, -0.2) is 36.3 Å². The molecule has 2 atom stereocenters. The predicted octanol–water partition coefficient (Wildman–Crippen LogP) is 3.01. The van der Waals surface area contributed by atoms with Crippen LogP contribution in [0, 0.1) is 5.82 Å². The molecule has 4 heteroatoms. The Kier molecular flexibility index (Phi) is 4.64. The molecular formula is C16H22FNOS. The highest BCUT2D eigenvalue weighted by molar-refractivity contribution is 7.99. The summed E-state index contributed by atoms with van der Waals surface area (Å²) in [6, 6.07) is 7.39. The van der Waals surface area contributed by atoms with E-state index in [-0.39, 0.29) is 11.4 Å². The summed E-state index contributed by atoms with van der Waals surface area (Å²) in [5.41, 5.74) is 1.34. The van der Waals surface area contributed by atoms with E-state index in [0.717, 1.165) is 38.2 Å². The van der Waals surface area contributed by atoms with Gasteiger partial charge in [0, 0.05) is 18.4 Å². The second kappa shape index (κ2) is 6.46. The predicted molar refractivity (Wildman–Crippen MR) is 81.8 cm³/mol. The first-order chi connectivity index (χ1) is 9.76. The van der Waals surface area contributed by atoms with Crippen LogP contribution in [0.5, 0.6) is 0 Å². The Morgan fingerprint density at radius 3 is 2.95 bits per heavy atom. The first-order valence-corrected chi connectivity index (χ1v) is 8.61. The van der Waals surface area contributed by atoms with Crippen LogP contribution in [0.2, 0.25) is 0 Å². The van der Waals surface area contributed by atoms with E-state index in [1.807, 2.05) is 23.9 Å². The van der Waals surface area contributed by atoms with E-state index in [2.05, 4.69) is 5.32 Å². The lowest BCUT2D eigenvalue weighted by Gasteiger charge is -2.38. The summed E-state index contributed by atoms with van der Waals surface area (Å²) >= 11 is 2.02.